The molecule has 2 aromatic carbocycles. The second-order valence-electron chi connectivity index (χ2n) is 5.28. The number of rotatable bonds is 4. The van der Waals surface area contributed by atoms with Crippen molar-refractivity contribution in [3.8, 4) is 11.5 Å². The van der Waals surface area contributed by atoms with Gasteiger partial charge in [-0.25, -0.2) is 13.2 Å². The maximum Gasteiger partial charge on any atom is 0.598 e. The van der Waals surface area contributed by atoms with Crippen LogP contribution in [-0.2, 0) is 6.42 Å². The van der Waals surface area contributed by atoms with Gasteiger partial charge in [0, 0.05) is 11.9 Å². The highest BCUT2D eigenvalue weighted by molar-refractivity contribution is 6.49. The molecule has 1 aliphatic heterocycles. The smallest absolute Gasteiger partial charge is 0.523 e. The number of fused-ring (bicyclic) bond motifs is 1. The van der Waals surface area contributed by atoms with E-state index in [4.69, 9.17) is 9.31 Å². The lowest BCUT2D eigenvalue weighted by molar-refractivity contribution is 0.456. The molecule has 0 spiro atoms. The largest absolute Gasteiger partial charge is 0.598 e. The summed E-state index contributed by atoms with van der Waals surface area (Å²) in [4.78, 5) is 0. The van der Waals surface area contributed by atoms with Crippen LogP contribution in [-0.4, -0.2) is 7.12 Å². The molecule has 1 aliphatic rings. The van der Waals surface area contributed by atoms with Crippen molar-refractivity contribution in [3.63, 3.8) is 0 Å². The van der Waals surface area contributed by atoms with Crippen LogP contribution in [0, 0.1) is 17.5 Å². The number of para-hydroxylation sites is 2. The van der Waals surface area contributed by atoms with Crippen LogP contribution in [0.5, 0.6) is 11.5 Å². The first-order valence-corrected chi connectivity index (χ1v) is 7.14. The first-order valence-electron chi connectivity index (χ1n) is 7.14. The Hall–Kier alpha value is -2.11. The van der Waals surface area contributed by atoms with Crippen LogP contribution in [0.25, 0.3) is 0 Å². The highest BCUT2D eigenvalue weighted by atomic mass is 19.2. The van der Waals surface area contributed by atoms with Crippen molar-refractivity contribution >= 4 is 7.12 Å². The van der Waals surface area contributed by atoms with E-state index >= 15 is 0 Å². The second kappa shape index (κ2) is 5.95. The van der Waals surface area contributed by atoms with E-state index in [1.54, 1.807) is 12.1 Å². The fourth-order valence-electron chi connectivity index (χ4n) is 2.55. The third kappa shape index (κ3) is 2.78. The van der Waals surface area contributed by atoms with Gasteiger partial charge < -0.3 is 9.31 Å². The molecule has 114 valence electrons. The van der Waals surface area contributed by atoms with Crippen LogP contribution in [0.4, 0.5) is 13.2 Å². The summed E-state index contributed by atoms with van der Waals surface area (Å²) < 4.78 is 51.5. The topological polar surface area (TPSA) is 18.5 Å². The van der Waals surface area contributed by atoms with Crippen molar-refractivity contribution in [3.05, 3.63) is 59.4 Å². The van der Waals surface area contributed by atoms with Crippen LogP contribution >= 0.6 is 0 Å². The van der Waals surface area contributed by atoms with Gasteiger partial charge in [-0.05, 0) is 30.2 Å². The zero-order valence-corrected chi connectivity index (χ0v) is 12.0. The van der Waals surface area contributed by atoms with E-state index in [0.29, 0.717) is 24.0 Å². The maximum absolute atomic E-state index is 13.8. The summed E-state index contributed by atoms with van der Waals surface area (Å²) in [5, 5.41) is 0. The molecular weight excluding hydrogens is 292 g/mol. The van der Waals surface area contributed by atoms with E-state index in [1.807, 2.05) is 19.1 Å². The Morgan fingerprint density at radius 1 is 0.955 bits per heavy atom. The molecule has 1 unspecified atom stereocenters. The second-order valence-corrected chi connectivity index (χ2v) is 5.28. The molecule has 0 aliphatic carbocycles. The Morgan fingerprint density at radius 3 is 2.14 bits per heavy atom. The van der Waals surface area contributed by atoms with Crippen molar-refractivity contribution < 1.29 is 22.5 Å². The molecule has 0 fully saturated rings. The molecule has 6 heteroatoms. The minimum Gasteiger partial charge on any atom is -0.523 e. The molecule has 0 N–H and O–H groups in total. The van der Waals surface area contributed by atoms with Gasteiger partial charge in [0.05, 0.1) is 0 Å². The normalized spacial score (nSPS) is 14.3. The summed E-state index contributed by atoms with van der Waals surface area (Å²) in [6.07, 6.45) is 0.856. The minimum atomic E-state index is -1.19. The standard InChI is InChI=1S/C16H14BF3O2/c1-2-11(7-10-8-13(19)14(20)9-12(10)18)17-21-15-5-3-4-6-16(15)22-17/h3-6,8-9,11H,2,7H2,1H3. The summed E-state index contributed by atoms with van der Waals surface area (Å²) in [6.45, 7) is 1.91. The Labute approximate surface area is 127 Å². The lowest BCUT2D eigenvalue weighted by atomic mass is 9.67. The van der Waals surface area contributed by atoms with E-state index in [-0.39, 0.29) is 17.8 Å². The van der Waals surface area contributed by atoms with Gasteiger partial charge in [-0.3, -0.25) is 0 Å². The predicted molar refractivity (Wildman–Crippen MR) is 77.5 cm³/mol. The SMILES string of the molecule is CCC(Cc1cc(F)c(F)cc1F)B1Oc2ccccc2O1. The molecule has 1 atom stereocenters. The van der Waals surface area contributed by atoms with Gasteiger partial charge in [-0.1, -0.05) is 25.5 Å². The van der Waals surface area contributed by atoms with E-state index in [1.165, 1.54) is 0 Å². The molecule has 3 rings (SSSR count). The maximum atomic E-state index is 13.8. The number of benzene rings is 2. The third-order valence-corrected chi connectivity index (χ3v) is 3.82. The molecule has 2 nitrogen and oxygen atoms in total. The lowest BCUT2D eigenvalue weighted by Gasteiger charge is -2.17. The lowest BCUT2D eigenvalue weighted by Crippen LogP contribution is -2.32. The fourth-order valence-corrected chi connectivity index (χ4v) is 2.55. The van der Waals surface area contributed by atoms with E-state index in [0.717, 1.165) is 6.07 Å². The molecule has 0 amide bonds. The van der Waals surface area contributed by atoms with E-state index in [2.05, 4.69) is 0 Å². The first-order chi connectivity index (χ1) is 10.6. The minimum absolute atomic E-state index is 0.119. The van der Waals surface area contributed by atoms with Crippen molar-refractivity contribution in [1.29, 1.82) is 0 Å². The summed E-state index contributed by atoms with van der Waals surface area (Å²) in [5.74, 6) is -1.90. The van der Waals surface area contributed by atoms with Crippen LogP contribution in [0.15, 0.2) is 36.4 Å². The molecule has 0 saturated heterocycles. The zero-order chi connectivity index (χ0) is 15.7. The molecule has 2 aromatic rings. The highest BCUT2D eigenvalue weighted by Crippen LogP contribution is 2.37. The van der Waals surface area contributed by atoms with Gasteiger partial charge >= 0.3 is 7.12 Å². The number of hydrogen-bond donors (Lipinski definition) is 0. The third-order valence-electron chi connectivity index (χ3n) is 3.82. The Morgan fingerprint density at radius 2 is 1.55 bits per heavy atom. The first kappa shape index (κ1) is 14.8. The van der Waals surface area contributed by atoms with Gasteiger partial charge in [0.25, 0.3) is 0 Å². The van der Waals surface area contributed by atoms with Gasteiger partial charge in [-0.15, -0.1) is 0 Å². The summed E-state index contributed by atoms with van der Waals surface area (Å²) in [6, 6.07) is 8.72. The van der Waals surface area contributed by atoms with Crippen molar-refractivity contribution in [2.24, 2.45) is 0 Å². The monoisotopic (exact) mass is 306 g/mol. The van der Waals surface area contributed by atoms with E-state index in [9.17, 15) is 13.2 Å². The van der Waals surface area contributed by atoms with Gasteiger partial charge in [0.1, 0.15) is 17.3 Å². The molecule has 22 heavy (non-hydrogen) atoms. The zero-order valence-electron chi connectivity index (χ0n) is 12.0. The van der Waals surface area contributed by atoms with Gasteiger partial charge in [0.15, 0.2) is 11.6 Å². The van der Waals surface area contributed by atoms with Crippen LogP contribution in [0.1, 0.15) is 18.9 Å². The molecule has 1 heterocycles. The Bertz CT molecular complexity index is 668. The predicted octanol–water partition coefficient (Wildman–Crippen LogP) is 4.39. The van der Waals surface area contributed by atoms with Crippen LogP contribution in [0.2, 0.25) is 5.82 Å². The Balaban J connectivity index is 1.78. The summed E-state index contributed by atoms with van der Waals surface area (Å²) >= 11 is 0. The number of hydrogen-bond acceptors (Lipinski definition) is 2. The summed E-state index contributed by atoms with van der Waals surface area (Å²) in [5.41, 5.74) is 0.119. The van der Waals surface area contributed by atoms with Crippen LogP contribution in [0.3, 0.4) is 0 Å². The fraction of sp³-hybridized carbons (Fsp3) is 0.250. The highest BCUT2D eigenvalue weighted by Gasteiger charge is 2.39. The van der Waals surface area contributed by atoms with E-state index < -0.39 is 24.6 Å². The van der Waals surface area contributed by atoms with Crippen molar-refractivity contribution in [2.75, 3.05) is 0 Å². The Kier molecular flexibility index (Phi) is 4.01. The molecule has 0 bridgehead atoms. The van der Waals surface area contributed by atoms with Gasteiger partial charge in [-0.2, -0.15) is 0 Å². The van der Waals surface area contributed by atoms with Crippen LogP contribution < -0.4 is 9.31 Å². The molecule has 0 radical (unpaired) electrons. The molecule has 0 aromatic heterocycles. The van der Waals surface area contributed by atoms with Gasteiger partial charge in [0.2, 0.25) is 0 Å². The van der Waals surface area contributed by atoms with Crippen molar-refractivity contribution in [2.45, 2.75) is 25.6 Å². The quantitative estimate of drug-likeness (QED) is 0.616. The number of halogens is 3. The van der Waals surface area contributed by atoms with Crippen molar-refractivity contribution in [1.82, 2.24) is 0 Å². The molecule has 0 saturated carbocycles. The molecular formula is C16H14BF3O2. The summed E-state index contributed by atoms with van der Waals surface area (Å²) in [7, 11) is -0.560. The average Bonchev–Trinajstić information content (AvgIpc) is 2.93. The average molecular weight is 306 g/mol.